The highest BCUT2D eigenvalue weighted by molar-refractivity contribution is 5.46. The van der Waals surface area contributed by atoms with E-state index in [1.807, 2.05) is 36.5 Å². The van der Waals surface area contributed by atoms with Crippen LogP contribution in [0.5, 0.6) is 0 Å². The van der Waals surface area contributed by atoms with Crippen LogP contribution in [0.3, 0.4) is 0 Å². The van der Waals surface area contributed by atoms with Crippen molar-refractivity contribution in [2.75, 3.05) is 11.9 Å². The quantitative estimate of drug-likeness (QED) is 0.738. The summed E-state index contributed by atoms with van der Waals surface area (Å²) in [6, 6.07) is 14.3. The number of nitrogens with two attached hydrogens (primary N) is 1. The van der Waals surface area contributed by atoms with Crippen molar-refractivity contribution in [3.63, 3.8) is 0 Å². The number of hydrogen-bond acceptors (Lipinski definition) is 4. The van der Waals surface area contributed by atoms with Crippen LogP contribution in [0.25, 0.3) is 5.65 Å². The van der Waals surface area contributed by atoms with E-state index in [-0.39, 0.29) is 6.04 Å². The average molecular weight is 267 g/mol. The van der Waals surface area contributed by atoms with E-state index in [1.165, 1.54) is 5.56 Å². The molecular weight excluding hydrogens is 250 g/mol. The molecule has 1 atom stereocenters. The van der Waals surface area contributed by atoms with E-state index >= 15 is 0 Å². The molecule has 102 valence electrons. The number of rotatable bonds is 5. The maximum Gasteiger partial charge on any atom is 0.157 e. The van der Waals surface area contributed by atoms with Gasteiger partial charge in [-0.3, -0.25) is 0 Å². The van der Waals surface area contributed by atoms with Gasteiger partial charge in [-0.05, 0) is 18.1 Å². The molecule has 0 saturated carbocycles. The van der Waals surface area contributed by atoms with Crippen LogP contribution in [0.15, 0.2) is 54.9 Å². The molecule has 5 heteroatoms. The molecule has 0 saturated heterocycles. The SMILES string of the molecule is NCC(Cc1ccccc1)Nc1ccn2nccc2n1. The molecule has 3 rings (SSSR count). The van der Waals surface area contributed by atoms with Gasteiger partial charge in [-0.2, -0.15) is 5.10 Å². The third-order valence-corrected chi connectivity index (χ3v) is 3.22. The zero-order valence-electron chi connectivity index (χ0n) is 11.1. The standard InChI is InChI=1S/C15H17N5/c16-11-13(10-12-4-2-1-3-5-12)18-14-7-9-20-15(19-14)6-8-17-20/h1-9,13H,10-11,16H2,(H,18,19). The second kappa shape index (κ2) is 5.71. The Hall–Kier alpha value is -2.40. The van der Waals surface area contributed by atoms with Gasteiger partial charge in [0.25, 0.3) is 0 Å². The predicted octanol–water partition coefficient (Wildman–Crippen LogP) is 1.71. The second-order valence-corrected chi connectivity index (χ2v) is 4.71. The van der Waals surface area contributed by atoms with E-state index in [4.69, 9.17) is 5.73 Å². The molecule has 2 aromatic heterocycles. The van der Waals surface area contributed by atoms with E-state index in [0.717, 1.165) is 17.9 Å². The van der Waals surface area contributed by atoms with E-state index < -0.39 is 0 Å². The number of nitrogens with zero attached hydrogens (tertiary/aromatic N) is 3. The van der Waals surface area contributed by atoms with Gasteiger partial charge in [0.1, 0.15) is 5.82 Å². The van der Waals surface area contributed by atoms with Crippen molar-refractivity contribution in [2.45, 2.75) is 12.5 Å². The molecule has 0 amide bonds. The Morgan fingerprint density at radius 3 is 2.80 bits per heavy atom. The summed E-state index contributed by atoms with van der Waals surface area (Å²) in [5, 5.41) is 7.51. The van der Waals surface area contributed by atoms with Gasteiger partial charge in [0.2, 0.25) is 0 Å². The van der Waals surface area contributed by atoms with Gasteiger partial charge in [0, 0.05) is 24.8 Å². The lowest BCUT2D eigenvalue weighted by Gasteiger charge is -2.17. The molecule has 0 aliphatic heterocycles. The van der Waals surface area contributed by atoms with Crippen molar-refractivity contribution in [1.82, 2.24) is 14.6 Å². The lowest BCUT2D eigenvalue weighted by atomic mass is 10.1. The van der Waals surface area contributed by atoms with Gasteiger partial charge in [-0.25, -0.2) is 9.50 Å². The number of nitrogens with one attached hydrogen (secondary N) is 1. The maximum atomic E-state index is 5.85. The van der Waals surface area contributed by atoms with Crippen molar-refractivity contribution < 1.29 is 0 Å². The van der Waals surface area contributed by atoms with Gasteiger partial charge >= 0.3 is 0 Å². The first kappa shape index (κ1) is 12.6. The second-order valence-electron chi connectivity index (χ2n) is 4.71. The molecule has 0 bridgehead atoms. The Morgan fingerprint density at radius 1 is 1.15 bits per heavy atom. The highest BCUT2D eigenvalue weighted by Gasteiger charge is 2.08. The van der Waals surface area contributed by atoms with Gasteiger partial charge in [0.05, 0.1) is 6.20 Å². The van der Waals surface area contributed by atoms with Crippen LogP contribution in [0.2, 0.25) is 0 Å². The Kier molecular flexibility index (Phi) is 3.60. The number of aromatic nitrogens is 3. The number of benzene rings is 1. The van der Waals surface area contributed by atoms with Crippen molar-refractivity contribution in [2.24, 2.45) is 5.73 Å². The molecule has 5 nitrogen and oxygen atoms in total. The summed E-state index contributed by atoms with van der Waals surface area (Å²) >= 11 is 0. The molecule has 3 aromatic rings. The van der Waals surface area contributed by atoms with Crippen LogP contribution in [0, 0.1) is 0 Å². The van der Waals surface area contributed by atoms with Crippen molar-refractivity contribution in [3.8, 4) is 0 Å². The fraction of sp³-hybridized carbons (Fsp3) is 0.200. The zero-order chi connectivity index (χ0) is 13.8. The topological polar surface area (TPSA) is 68.2 Å². The van der Waals surface area contributed by atoms with Gasteiger partial charge in [-0.1, -0.05) is 30.3 Å². The Bertz CT molecular complexity index is 677. The molecular formula is C15H17N5. The van der Waals surface area contributed by atoms with E-state index in [2.05, 4.69) is 27.5 Å². The summed E-state index contributed by atoms with van der Waals surface area (Å²) in [4.78, 5) is 4.50. The Morgan fingerprint density at radius 2 is 2.00 bits per heavy atom. The molecule has 3 N–H and O–H groups in total. The highest BCUT2D eigenvalue weighted by atomic mass is 15.2. The number of fused-ring (bicyclic) bond motifs is 1. The Labute approximate surface area is 117 Å². The first-order valence-corrected chi connectivity index (χ1v) is 6.66. The monoisotopic (exact) mass is 267 g/mol. The average Bonchev–Trinajstić information content (AvgIpc) is 2.95. The third-order valence-electron chi connectivity index (χ3n) is 3.22. The minimum absolute atomic E-state index is 0.162. The van der Waals surface area contributed by atoms with Gasteiger partial charge in [-0.15, -0.1) is 0 Å². The number of hydrogen-bond donors (Lipinski definition) is 2. The molecule has 2 heterocycles. The lowest BCUT2D eigenvalue weighted by Crippen LogP contribution is -2.31. The summed E-state index contributed by atoms with van der Waals surface area (Å²) in [7, 11) is 0. The van der Waals surface area contributed by atoms with Gasteiger partial charge in [0.15, 0.2) is 5.65 Å². The minimum Gasteiger partial charge on any atom is -0.366 e. The molecule has 1 unspecified atom stereocenters. The van der Waals surface area contributed by atoms with E-state index in [1.54, 1.807) is 10.7 Å². The van der Waals surface area contributed by atoms with Crippen LogP contribution in [-0.4, -0.2) is 27.2 Å². The zero-order valence-corrected chi connectivity index (χ0v) is 11.1. The highest BCUT2D eigenvalue weighted by Crippen LogP contribution is 2.10. The van der Waals surface area contributed by atoms with Crippen LogP contribution in [0.4, 0.5) is 5.82 Å². The first-order chi connectivity index (χ1) is 9.85. The van der Waals surface area contributed by atoms with E-state index in [9.17, 15) is 0 Å². The van der Waals surface area contributed by atoms with Crippen LogP contribution >= 0.6 is 0 Å². The van der Waals surface area contributed by atoms with E-state index in [0.29, 0.717) is 6.54 Å². The van der Waals surface area contributed by atoms with Crippen molar-refractivity contribution in [1.29, 1.82) is 0 Å². The lowest BCUT2D eigenvalue weighted by molar-refractivity contribution is 0.719. The molecule has 20 heavy (non-hydrogen) atoms. The van der Waals surface area contributed by atoms with Crippen molar-refractivity contribution >= 4 is 11.5 Å². The first-order valence-electron chi connectivity index (χ1n) is 6.66. The summed E-state index contributed by atoms with van der Waals surface area (Å²) in [6.07, 6.45) is 4.50. The van der Waals surface area contributed by atoms with Gasteiger partial charge < -0.3 is 11.1 Å². The predicted molar refractivity (Wildman–Crippen MR) is 79.6 cm³/mol. The molecule has 0 aliphatic carbocycles. The van der Waals surface area contributed by atoms with Crippen LogP contribution < -0.4 is 11.1 Å². The minimum atomic E-state index is 0.162. The largest absolute Gasteiger partial charge is 0.366 e. The molecule has 0 spiro atoms. The number of anilines is 1. The van der Waals surface area contributed by atoms with Crippen LogP contribution in [-0.2, 0) is 6.42 Å². The maximum absolute atomic E-state index is 5.85. The fourth-order valence-electron chi connectivity index (χ4n) is 2.19. The summed E-state index contributed by atoms with van der Waals surface area (Å²) in [6.45, 7) is 0.557. The smallest absolute Gasteiger partial charge is 0.157 e. The molecule has 0 radical (unpaired) electrons. The summed E-state index contributed by atoms with van der Waals surface area (Å²) in [5.74, 6) is 0.824. The third kappa shape index (κ3) is 2.78. The van der Waals surface area contributed by atoms with Crippen LogP contribution in [0.1, 0.15) is 5.56 Å². The molecule has 1 aromatic carbocycles. The Balaban J connectivity index is 1.73. The molecule has 0 fully saturated rings. The normalized spacial score (nSPS) is 12.4. The fourth-order valence-corrected chi connectivity index (χ4v) is 2.19. The molecule has 0 aliphatic rings. The summed E-state index contributed by atoms with van der Waals surface area (Å²) < 4.78 is 1.74. The van der Waals surface area contributed by atoms with Crippen molar-refractivity contribution in [3.05, 3.63) is 60.4 Å². The summed E-state index contributed by atoms with van der Waals surface area (Å²) in [5.41, 5.74) is 7.94.